The van der Waals surface area contributed by atoms with Gasteiger partial charge in [0.1, 0.15) is 11.4 Å². The van der Waals surface area contributed by atoms with Crippen molar-refractivity contribution in [2.75, 3.05) is 19.6 Å². The van der Waals surface area contributed by atoms with E-state index in [1.54, 1.807) is 41.1 Å². The summed E-state index contributed by atoms with van der Waals surface area (Å²) in [4.78, 5) is 34.8. The maximum absolute atomic E-state index is 13.8. The molecule has 9 heteroatoms. The number of hydrogen-bond donors (Lipinski definition) is 0. The van der Waals surface area contributed by atoms with Crippen LogP contribution < -0.4 is 4.74 Å². The van der Waals surface area contributed by atoms with Crippen LogP contribution in [-0.4, -0.2) is 61.6 Å². The lowest BCUT2D eigenvalue weighted by molar-refractivity contribution is -0.0119. The minimum absolute atomic E-state index is 0.0450. The van der Waals surface area contributed by atoms with Crippen LogP contribution in [0.25, 0.3) is 5.69 Å². The van der Waals surface area contributed by atoms with Crippen LogP contribution in [0.3, 0.4) is 0 Å². The van der Waals surface area contributed by atoms with Crippen LogP contribution in [0, 0.1) is 6.92 Å². The zero-order valence-electron chi connectivity index (χ0n) is 20.9. The molecule has 2 amide bonds. The lowest BCUT2D eigenvalue weighted by Gasteiger charge is -2.52. The van der Waals surface area contributed by atoms with Gasteiger partial charge in [-0.1, -0.05) is 29.8 Å². The third kappa shape index (κ3) is 4.41. The quantitative estimate of drug-likeness (QED) is 0.358. The highest BCUT2D eigenvalue weighted by molar-refractivity contribution is 6.30. The molecule has 38 heavy (non-hydrogen) atoms. The molecule has 4 aromatic rings. The molecule has 1 spiro atoms. The number of nitrogens with zero attached hydrogens (tertiary/aromatic N) is 5. The number of aryl methyl sites for hydroxylation is 1. The fraction of sp³-hybridized carbons (Fsp3) is 0.241. The first-order valence-corrected chi connectivity index (χ1v) is 12.9. The smallest absolute Gasteiger partial charge is 0.273 e. The van der Waals surface area contributed by atoms with Crippen LogP contribution in [0.2, 0.25) is 5.02 Å². The number of aromatic nitrogens is 3. The maximum Gasteiger partial charge on any atom is 0.273 e. The lowest BCUT2D eigenvalue weighted by Crippen LogP contribution is -2.70. The second-order valence-corrected chi connectivity index (χ2v) is 10.2. The normalized spacial score (nSPS) is 15.9. The Bertz CT molecular complexity index is 1480. The molecule has 6 rings (SSSR count). The summed E-state index contributed by atoms with van der Waals surface area (Å²) < 4.78 is 7.44. The third-order valence-electron chi connectivity index (χ3n) is 7.17. The summed E-state index contributed by atoms with van der Waals surface area (Å²) in [5.41, 5.74) is 2.42. The Morgan fingerprint density at radius 1 is 0.974 bits per heavy atom. The molecule has 0 saturated carbocycles. The first kappa shape index (κ1) is 24.2. The van der Waals surface area contributed by atoms with E-state index in [0.717, 1.165) is 24.2 Å². The van der Waals surface area contributed by atoms with Gasteiger partial charge in [-0.05, 0) is 68.3 Å². The number of ether oxygens (including phenoxy) is 1. The number of halogens is 1. The number of hydrogen-bond acceptors (Lipinski definition) is 5. The van der Waals surface area contributed by atoms with E-state index in [9.17, 15) is 9.59 Å². The lowest BCUT2D eigenvalue weighted by atomic mass is 9.86. The first-order valence-electron chi connectivity index (χ1n) is 12.5. The van der Waals surface area contributed by atoms with E-state index < -0.39 is 0 Å². The molecule has 0 N–H and O–H groups in total. The summed E-state index contributed by atoms with van der Waals surface area (Å²) in [5, 5.41) is 5.10. The summed E-state index contributed by atoms with van der Waals surface area (Å²) in [6, 6.07) is 21.9. The summed E-state index contributed by atoms with van der Waals surface area (Å²) in [6.45, 7) is 3.60. The predicted molar refractivity (Wildman–Crippen MR) is 143 cm³/mol. The van der Waals surface area contributed by atoms with Crippen molar-refractivity contribution in [1.82, 2.24) is 24.6 Å². The highest BCUT2D eigenvalue weighted by Crippen LogP contribution is 2.39. The summed E-state index contributed by atoms with van der Waals surface area (Å²) in [7, 11) is 0. The number of likely N-dealkylation sites (tertiary alicyclic amines) is 2. The van der Waals surface area contributed by atoms with Gasteiger partial charge in [0, 0.05) is 37.5 Å². The maximum atomic E-state index is 13.8. The Balaban J connectivity index is 1.14. The largest absolute Gasteiger partial charge is 0.439 e. The number of para-hydroxylation sites is 1. The molecule has 192 valence electrons. The van der Waals surface area contributed by atoms with Gasteiger partial charge in [-0.2, -0.15) is 5.10 Å². The van der Waals surface area contributed by atoms with Crippen LogP contribution in [0.1, 0.15) is 39.4 Å². The van der Waals surface area contributed by atoms with E-state index in [0.29, 0.717) is 47.5 Å². The van der Waals surface area contributed by atoms with Gasteiger partial charge in [0.05, 0.1) is 21.9 Å². The molecule has 0 atom stereocenters. The number of amides is 2. The Labute approximate surface area is 225 Å². The third-order valence-corrected chi connectivity index (χ3v) is 7.40. The van der Waals surface area contributed by atoms with E-state index in [4.69, 9.17) is 16.3 Å². The molecule has 0 aliphatic carbocycles. The number of rotatable bonds is 5. The van der Waals surface area contributed by atoms with Crippen LogP contribution >= 0.6 is 11.6 Å². The number of carbonyl (C=O) groups is 2. The van der Waals surface area contributed by atoms with Crippen LogP contribution in [0.4, 0.5) is 0 Å². The van der Waals surface area contributed by atoms with E-state index >= 15 is 0 Å². The van der Waals surface area contributed by atoms with Crippen molar-refractivity contribution < 1.29 is 14.3 Å². The van der Waals surface area contributed by atoms with Crippen molar-refractivity contribution in [2.45, 2.75) is 25.3 Å². The average Bonchev–Trinajstić information content (AvgIpc) is 3.54. The SMILES string of the molecule is Cc1cc(C(=O)N2CCCC23CN(C(=O)c2ccc(Oc4ccc(Cl)cn4)cc2)C3)n(-c2ccccc2)n1. The monoisotopic (exact) mass is 527 g/mol. The summed E-state index contributed by atoms with van der Waals surface area (Å²) >= 11 is 5.87. The Morgan fingerprint density at radius 2 is 1.74 bits per heavy atom. The molecule has 2 saturated heterocycles. The standard InChI is InChI=1S/C29H26ClN5O3/c1-20-16-25(35(32-20)23-6-3-2-4-7-23)28(37)34-15-5-14-29(34)18-33(19-29)27(36)21-8-11-24(12-9-21)38-26-13-10-22(30)17-31-26/h2-4,6-13,16-17H,5,14-15,18-19H2,1H3. The minimum Gasteiger partial charge on any atom is -0.439 e. The minimum atomic E-state index is -0.338. The van der Waals surface area contributed by atoms with Crippen molar-refractivity contribution in [3.05, 3.63) is 101 Å². The van der Waals surface area contributed by atoms with E-state index in [2.05, 4.69) is 10.1 Å². The van der Waals surface area contributed by atoms with Crippen LogP contribution in [-0.2, 0) is 0 Å². The summed E-state index contributed by atoms with van der Waals surface area (Å²) in [5.74, 6) is 0.898. The highest BCUT2D eigenvalue weighted by atomic mass is 35.5. The molecule has 2 aromatic heterocycles. The van der Waals surface area contributed by atoms with E-state index in [-0.39, 0.29) is 17.4 Å². The zero-order valence-corrected chi connectivity index (χ0v) is 21.6. The van der Waals surface area contributed by atoms with Crippen molar-refractivity contribution in [3.8, 4) is 17.3 Å². The van der Waals surface area contributed by atoms with Crippen molar-refractivity contribution in [1.29, 1.82) is 0 Å². The second kappa shape index (κ2) is 9.61. The Morgan fingerprint density at radius 3 is 2.45 bits per heavy atom. The topological polar surface area (TPSA) is 80.6 Å². The van der Waals surface area contributed by atoms with Crippen LogP contribution in [0.5, 0.6) is 11.6 Å². The predicted octanol–water partition coefficient (Wildman–Crippen LogP) is 5.15. The van der Waals surface area contributed by atoms with Gasteiger partial charge in [-0.3, -0.25) is 9.59 Å². The molecule has 8 nitrogen and oxygen atoms in total. The molecule has 2 aromatic carbocycles. The molecule has 0 radical (unpaired) electrons. The first-order chi connectivity index (χ1) is 18.4. The molecule has 2 aliphatic rings. The molecular weight excluding hydrogens is 502 g/mol. The van der Waals surface area contributed by atoms with Gasteiger partial charge in [0.2, 0.25) is 5.88 Å². The van der Waals surface area contributed by atoms with Gasteiger partial charge in [-0.25, -0.2) is 9.67 Å². The van der Waals surface area contributed by atoms with Crippen LogP contribution in [0.15, 0.2) is 79.0 Å². The van der Waals surface area contributed by atoms with Crippen molar-refractivity contribution in [2.24, 2.45) is 0 Å². The van der Waals surface area contributed by atoms with Gasteiger partial charge in [0.25, 0.3) is 11.8 Å². The molecule has 4 heterocycles. The fourth-order valence-corrected chi connectivity index (χ4v) is 5.45. The number of carbonyl (C=O) groups excluding carboxylic acids is 2. The van der Waals surface area contributed by atoms with Crippen molar-refractivity contribution >= 4 is 23.4 Å². The van der Waals surface area contributed by atoms with E-state index in [1.807, 2.05) is 53.1 Å². The van der Waals surface area contributed by atoms with Gasteiger partial charge in [-0.15, -0.1) is 0 Å². The number of pyridine rings is 1. The molecule has 0 unspecified atom stereocenters. The molecular formula is C29H26ClN5O3. The average molecular weight is 528 g/mol. The van der Waals surface area contributed by atoms with Gasteiger partial charge >= 0.3 is 0 Å². The summed E-state index contributed by atoms with van der Waals surface area (Å²) in [6.07, 6.45) is 3.31. The molecule has 2 fully saturated rings. The number of benzene rings is 2. The Hall–Kier alpha value is -4.17. The van der Waals surface area contributed by atoms with E-state index in [1.165, 1.54) is 6.20 Å². The fourth-order valence-electron chi connectivity index (χ4n) is 5.34. The molecule has 0 bridgehead atoms. The van der Waals surface area contributed by atoms with Gasteiger partial charge in [0.15, 0.2) is 0 Å². The highest BCUT2D eigenvalue weighted by Gasteiger charge is 2.54. The van der Waals surface area contributed by atoms with Crippen molar-refractivity contribution in [3.63, 3.8) is 0 Å². The van der Waals surface area contributed by atoms with Gasteiger partial charge < -0.3 is 14.5 Å². The zero-order chi connectivity index (χ0) is 26.3. The second-order valence-electron chi connectivity index (χ2n) is 9.81. The molecule has 2 aliphatic heterocycles. The Kier molecular flexibility index (Phi) is 6.12.